The van der Waals surface area contributed by atoms with Gasteiger partial charge in [-0.15, -0.1) is 15.0 Å². The molecule has 0 atom stereocenters. The zero-order chi connectivity index (χ0) is 12.7. The number of phenols is 2. The zero-order valence-corrected chi connectivity index (χ0v) is 9.70. The van der Waals surface area contributed by atoms with Gasteiger partial charge < -0.3 is 10.2 Å². The first kappa shape index (κ1) is 10.6. The molecule has 0 unspecified atom stereocenters. The number of fused-ring (bicyclic) bond motifs is 1. The van der Waals surface area contributed by atoms with Crippen molar-refractivity contribution in [3.05, 3.63) is 42.0 Å². The molecule has 5 nitrogen and oxygen atoms in total. The van der Waals surface area contributed by atoms with Crippen LogP contribution in [0.1, 0.15) is 5.56 Å². The lowest BCUT2D eigenvalue weighted by atomic mass is 10.2. The Kier molecular flexibility index (Phi) is 2.19. The van der Waals surface area contributed by atoms with Crippen LogP contribution in [0.25, 0.3) is 16.7 Å². The highest BCUT2D eigenvalue weighted by atomic mass is 16.3. The predicted octanol–water partition coefficient (Wildman–Crippen LogP) is 2.14. The Balaban J connectivity index is 2.26. The Bertz CT molecular complexity index is 678. The van der Waals surface area contributed by atoms with Crippen molar-refractivity contribution in [2.45, 2.75) is 6.92 Å². The molecule has 5 heteroatoms. The molecule has 0 amide bonds. The molecule has 0 radical (unpaired) electrons. The molecule has 2 aromatic carbocycles. The minimum atomic E-state index is -0.0483. The summed E-state index contributed by atoms with van der Waals surface area (Å²) >= 11 is 0. The normalized spacial score (nSPS) is 10.9. The molecule has 0 saturated heterocycles. The van der Waals surface area contributed by atoms with Crippen molar-refractivity contribution < 1.29 is 10.2 Å². The minimum absolute atomic E-state index is 0.0189. The fourth-order valence-electron chi connectivity index (χ4n) is 1.96. The van der Waals surface area contributed by atoms with E-state index in [-0.39, 0.29) is 11.5 Å². The van der Waals surface area contributed by atoms with E-state index in [1.807, 2.05) is 24.3 Å². The van der Waals surface area contributed by atoms with E-state index in [9.17, 15) is 10.2 Å². The van der Waals surface area contributed by atoms with Crippen LogP contribution in [-0.2, 0) is 0 Å². The highest BCUT2D eigenvalue weighted by Crippen LogP contribution is 2.29. The second-order valence-corrected chi connectivity index (χ2v) is 4.11. The van der Waals surface area contributed by atoms with Gasteiger partial charge in [0.2, 0.25) is 0 Å². The first-order chi connectivity index (χ1) is 8.65. The maximum atomic E-state index is 9.89. The van der Waals surface area contributed by atoms with E-state index in [0.717, 1.165) is 11.0 Å². The monoisotopic (exact) mass is 241 g/mol. The van der Waals surface area contributed by atoms with Crippen LogP contribution >= 0.6 is 0 Å². The summed E-state index contributed by atoms with van der Waals surface area (Å²) in [6.45, 7) is 1.78. The lowest BCUT2D eigenvalue weighted by molar-refractivity contribution is 0.445. The van der Waals surface area contributed by atoms with Crippen molar-refractivity contribution in [3.8, 4) is 17.2 Å². The Morgan fingerprint density at radius 1 is 1.00 bits per heavy atom. The average Bonchev–Trinajstić information content (AvgIpc) is 2.70. The number of aromatic hydroxyl groups is 2. The van der Waals surface area contributed by atoms with E-state index in [1.165, 1.54) is 10.9 Å². The van der Waals surface area contributed by atoms with Gasteiger partial charge in [0.25, 0.3) is 0 Å². The molecule has 18 heavy (non-hydrogen) atoms. The Hall–Kier alpha value is -2.56. The van der Waals surface area contributed by atoms with Crippen molar-refractivity contribution in [3.63, 3.8) is 0 Å². The van der Waals surface area contributed by atoms with Gasteiger partial charge in [-0.05, 0) is 30.7 Å². The first-order valence-electron chi connectivity index (χ1n) is 5.50. The molecular weight excluding hydrogens is 230 g/mol. The molecular formula is C13H11N3O2. The number of nitrogens with zero attached hydrogens (tertiary/aromatic N) is 3. The summed E-state index contributed by atoms with van der Waals surface area (Å²) in [5, 5.41) is 27.9. The van der Waals surface area contributed by atoms with Crippen molar-refractivity contribution in [1.82, 2.24) is 15.0 Å². The average molecular weight is 241 g/mol. The van der Waals surface area contributed by atoms with Crippen LogP contribution in [0, 0.1) is 6.92 Å². The summed E-state index contributed by atoms with van der Waals surface area (Å²) < 4.78 is 0. The van der Waals surface area contributed by atoms with Gasteiger partial charge in [0.05, 0.1) is 0 Å². The summed E-state index contributed by atoms with van der Waals surface area (Å²) in [4.78, 5) is 1.38. The van der Waals surface area contributed by atoms with Crippen LogP contribution in [0.5, 0.6) is 11.5 Å². The van der Waals surface area contributed by atoms with Gasteiger partial charge in [0, 0.05) is 6.07 Å². The fourth-order valence-corrected chi connectivity index (χ4v) is 1.96. The molecule has 0 saturated carbocycles. The molecule has 0 aliphatic rings. The minimum Gasteiger partial charge on any atom is -0.508 e. The van der Waals surface area contributed by atoms with E-state index >= 15 is 0 Å². The molecule has 0 bridgehead atoms. The third-order valence-electron chi connectivity index (χ3n) is 2.75. The van der Waals surface area contributed by atoms with Gasteiger partial charge in [-0.2, -0.15) is 0 Å². The van der Waals surface area contributed by atoms with Gasteiger partial charge in [-0.1, -0.05) is 12.1 Å². The van der Waals surface area contributed by atoms with Crippen LogP contribution in [0.4, 0.5) is 0 Å². The van der Waals surface area contributed by atoms with Crippen LogP contribution in [0.15, 0.2) is 36.4 Å². The number of aryl methyl sites for hydroxylation is 1. The molecule has 0 spiro atoms. The number of rotatable bonds is 1. The highest BCUT2D eigenvalue weighted by Gasteiger charge is 2.12. The van der Waals surface area contributed by atoms with Crippen LogP contribution in [-0.4, -0.2) is 25.2 Å². The number of hydrogen-bond donors (Lipinski definition) is 2. The second kappa shape index (κ2) is 3.73. The van der Waals surface area contributed by atoms with E-state index in [1.54, 1.807) is 13.0 Å². The van der Waals surface area contributed by atoms with Crippen molar-refractivity contribution in [2.75, 3.05) is 0 Å². The van der Waals surface area contributed by atoms with E-state index in [0.29, 0.717) is 11.3 Å². The molecule has 0 aliphatic carbocycles. The van der Waals surface area contributed by atoms with E-state index < -0.39 is 0 Å². The van der Waals surface area contributed by atoms with Crippen molar-refractivity contribution >= 4 is 11.0 Å². The van der Waals surface area contributed by atoms with Gasteiger partial charge in [0.15, 0.2) is 0 Å². The largest absolute Gasteiger partial charge is 0.508 e. The summed E-state index contributed by atoms with van der Waals surface area (Å²) in [5.74, 6) is -0.0294. The molecule has 2 N–H and O–H groups in total. The molecule has 90 valence electrons. The quantitative estimate of drug-likeness (QED) is 0.684. The lowest BCUT2D eigenvalue weighted by Gasteiger charge is -2.07. The Morgan fingerprint density at radius 2 is 1.61 bits per heavy atom. The molecule has 0 fully saturated rings. The topological polar surface area (TPSA) is 71.2 Å². The fraction of sp³-hybridized carbons (Fsp3) is 0.0769. The van der Waals surface area contributed by atoms with Crippen LogP contribution in [0.3, 0.4) is 0 Å². The lowest BCUT2D eigenvalue weighted by Crippen LogP contribution is -2.01. The SMILES string of the molecule is Cc1cc(O)cc(O)c1-n1nc2ccccc2n1. The summed E-state index contributed by atoms with van der Waals surface area (Å²) in [7, 11) is 0. The molecule has 0 aliphatic heterocycles. The number of aromatic nitrogens is 3. The van der Waals surface area contributed by atoms with Gasteiger partial charge in [-0.3, -0.25) is 0 Å². The highest BCUT2D eigenvalue weighted by molar-refractivity contribution is 5.73. The number of phenolic OH excluding ortho intramolecular Hbond substituents is 2. The third kappa shape index (κ3) is 1.57. The summed E-state index contributed by atoms with van der Waals surface area (Å²) in [6.07, 6.45) is 0. The molecule has 3 aromatic rings. The standard InChI is InChI=1S/C13H11N3O2/c1-8-6-9(17)7-12(18)13(8)16-14-10-4-2-3-5-11(10)15-16/h2-7,17-18H,1H3. The van der Waals surface area contributed by atoms with E-state index in [2.05, 4.69) is 10.2 Å². The Labute approximate surface area is 103 Å². The molecule has 1 aromatic heterocycles. The second-order valence-electron chi connectivity index (χ2n) is 4.11. The summed E-state index contributed by atoms with van der Waals surface area (Å²) in [5.41, 5.74) is 2.69. The third-order valence-corrected chi connectivity index (χ3v) is 2.75. The smallest absolute Gasteiger partial charge is 0.147 e. The van der Waals surface area contributed by atoms with Crippen LogP contribution in [0.2, 0.25) is 0 Å². The molecule has 3 rings (SSSR count). The van der Waals surface area contributed by atoms with Gasteiger partial charge >= 0.3 is 0 Å². The maximum absolute atomic E-state index is 9.89. The van der Waals surface area contributed by atoms with Crippen LogP contribution < -0.4 is 0 Å². The van der Waals surface area contributed by atoms with Gasteiger partial charge in [-0.25, -0.2) is 0 Å². The zero-order valence-electron chi connectivity index (χ0n) is 9.70. The number of benzene rings is 2. The maximum Gasteiger partial charge on any atom is 0.147 e. The van der Waals surface area contributed by atoms with Crippen molar-refractivity contribution in [2.24, 2.45) is 0 Å². The van der Waals surface area contributed by atoms with Gasteiger partial charge in [0.1, 0.15) is 28.2 Å². The number of hydrogen-bond acceptors (Lipinski definition) is 4. The first-order valence-corrected chi connectivity index (χ1v) is 5.50. The predicted molar refractivity (Wildman–Crippen MR) is 66.9 cm³/mol. The Morgan fingerprint density at radius 3 is 2.17 bits per heavy atom. The van der Waals surface area contributed by atoms with E-state index in [4.69, 9.17) is 0 Å². The van der Waals surface area contributed by atoms with Crippen molar-refractivity contribution in [1.29, 1.82) is 0 Å². The summed E-state index contributed by atoms with van der Waals surface area (Å²) in [6, 6.07) is 10.3. The molecule has 1 heterocycles.